The molecule has 0 saturated heterocycles. The van der Waals surface area contributed by atoms with E-state index in [9.17, 15) is 14.7 Å². The lowest BCUT2D eigenvalue weighted by Gasteiger charge is -2.19. The minimum absolute atomic E-state index is 0.146. The smallest absolute Gasteiger partial charge is 0.225 e. The fraction of sp³-hybridized carbons (Fsp3) is 0.333. The van der Waals surface area contributed by atoms with E-state index >= 15 is 0 Å². The molecule has 0 spiro atoms. The average Bonchev–Trinajstić information content (AvgIpc) is 2.86. The Bertz CT molecular complexity index is 639. The monoisotopic (exact) mass is 305 g/mol. The van der Waals surface area contributed by atoms with Crippen molar-refractivity contribution < 1.29 is 14.7 Å². The first-order valence-electron chi connectivity index (χ1n) is 6.66. The largest absolute Gasteiger partial charge is 0.548 e. The molecule has 0 aliphatic rings. The number of fused-ring (bicyclic) bond motifs is 1. The summed E-state index contributed by atoms with van der Waals surface area (Å²) in [5, 5.41) is 14.5. The number of hydrogen-bond acceptors (Lipinski definition) is 4. The highest BCUT2D eigenvalue weighted by Gasteiger charge is 2.14. The number of aromatic nitrogens is 1. The molecule has 1 aromatic carbocycles. The lowest BCUT2D eigenvalue weighted by molar-refractivity contribution is -0.308. The number of carbonyl (C=O) groups excluding carboxylic acids is 2. The molecule has 21 heavy (non-hydrogen) atoms. The zero-order valence-corrected chi connectivity index (χ0v) is 12.5. The first-order valence-corrected chi connectivity index (χ1v) is 8.05. The van der Waals surface area contributed by atoms with Crippen LogP contribution < -0.4 is 10.4 Å². The highest BCUT2D eigenvalue weighted by Crippen LogP contribution is 2.18. The molecule has 1 amide bonds. The number of H-pyrrole nitrogens is 1. The quantitative estimate of drug-likeness (QED) is 0.788. The predicted octanol–water partition coefficient (Wildman–Crippen LogP) is 0.698. The van der Waals surface area contributed by atoms with Gasteiger partial charge in [0.15, 0.2) is 0 Å². The Morgan fingerprint density at radius 3 is 2.86 bits per heavy atom. The van der Waals surface area contributed by atoms with Crippen molar-refractivity contribution in [3.05, 3.63) is 36.0 Å². The van der Waals surface area contributed by atoms with E-state index in [1.165, 1.54) is 11.8 Å². The Balaban J connectivity index is 2.02. The number of aliphatic carboxylic acids is 1. The second kappa shape index (κ2) is 7.17. The topological polar surface area (TPSA) is 85.0 Å². The van der Waals surface area contributed by atoms with Gasteiger partial charge in [-0.15, -0.1) is 0 Å². The Morgan fingerprint density at radius 2 is 2.14 bits per heavy atom. The van der Waals surface area contributed by atoms with E-state index in [1.807, 2.05) is 30.5 Å². The Kier molecular flexibility index (Phi) is 5.27. The molecular formula is C15H17N2O3S-. The van der Waals surface area contributed by atoms with Gasteiger partial charge in [0, 0.05) is 17.1 Å². The number of aromatic amines is 1. The Morgan fingerprint density at radius 1 is 1.38 bits per heavy atom. The van der Waals surface area contributed by atoms with Crippen molar-refractivity contribution in [3.63, 3.8) is 0 Å². The van der Waals surface area contributed by atoms with Crippen LogP contribution in [-0.4, -0.2) is 34.9 Å². The summed E-state index contributed by atoms with van der Waals surface area (Å²) in [4.78, 5) is 26.1. The number of hydrogen-bond donors (Lipinski definition) is 2. The minimum Gasteiger partial charge on any atom is -0.548 e. The van der Waals surface area contributed by atoms with Gasteiger partial charge in [0.25, 0.3) is 0 Å². The molecule has 2 rings (SSSR count). The number of benzene rings is 1. The number of para-hydroxylation sites is 1. The molecule has 0 saturated carbocycles. The van der Waals surface area contributed by atoms with Crippen molar-refractivity contribution in [2.45, 2.75) is 18.9 Å². The van der Waals surface area contributed by atoms with Crippen LogP contribution in [-0.2, 0) is 16.0 Å². The highest BCUT2D eigenvalue weighted by atomic mass is 32.2. The fourth-order valence-corrected chi connectivity index (χ4v) is 2.65. The second-order valence-corrected chi connectivity index (χ2v) is 5.74. The average molecular weight is 305 g/mol. The number of carboxylic acids is 1. The van der Waals surface area contributed by atoms with Crippen molar-refractivity contribution in [1.82, 2.24) is 10.3 Å². The minimum atomic E-state index is -1.24. The van der Waals surface area contributed by atoms with E-state index in [0.29, 0.717) is 12.2 Å². The third kappa shape index (κ3) is 4.01. The fourth-order valence-electron chi connectivity index (χ4n) is 2.18. The van der Waals surface area contributed by atoms with Gasteiger partial charge in [-0.1, -0.05) is 18.2 Å². The SMILES string of the molecule is CSCCC(NC(=O)Cc1c[nH]c2ccccc12)C(=O)[O-]. The summed E-state index contributed by atoms with van der Waals surface area (Å²) < 4.78 is 0. The maximum atomic E-state index is 12.0. The lowest BCUT2D eigenvalue weighted by atomic mass is 10.1. The van der Waals surface area contributed by atoms with Crippen LogP contribution in [0.1, 0.15) is 12.0 Å². The second-order valence-electron chi connectivity index (χ2n) is 4.76. The van der Waals surface area contributed by atoms with E-state index in [-0.39, 0.29) is 12.3 Å². The molecule has 1 heterocycles. The van der Waals surface area contributed by atoms with E-state index in [4.69, 9.17) is 0 Å². The van der Waals surface area contributed by atoms with Crippen molar-refractivity contribution >= 4 is 34.5 Å². The van der Waals surface area contributed by atoms with Gasteiger partial charge in [-0.3, -0.25) is 4.79 Å². The van der Waals surface area contributed by atoms with E-state index in [1.54, 1.807) is 6.20 Å². The molecule has 0 radical (unpaired) electrons. The third-order valence-electron chi connectivity index (χ3n) is 3.26. The number of thioether (sulfide) groups is 1. The van der Waals surface area contributed by atoms with Gasteiger partial charge in [-0.25, -0.2) is 0 Å². The Labute approximate surface area is 127 Å². The van der Waals surface area contributed by atoms with Crippen LogP contribution in [0.5, 0.6) is 0 Å². The molecule has 5 nitrogen and oxygen atoms in total. The third-order valence-corrected chi connectivity index (χ3v) is 3.90. The zero-order valence-electron chi connectivity index (χ0n) is 11.7. The van der Waals surface area contributed by atoms with E-state index in [0.717, 1.165) is 16.5 Å². The summed E-state index contributed by atoms with van der Waals surface area (Å²) in [6.07, 6.45) is 4.18. The standard InChI is InChI=1S/C15H18N2O3S/c1-21-7-6-13(15(19)20)17-14(18)8-10-9-16-12-5-3-2-4-11(10)12/h2-5,9,13,16H,6-8H2,1H3,(H,17,18)(H,19,20)/p-1. The van der Waals surface area contributed by atoms with Gasteiger partial charge in [-0.05, 0) is 30.1 Å². The molecule has 112 valence electrons. The van der Waals surface area contributed by atoms with E-state index < -0.39 is 12.0 Å². The Hall–Kier alpha value is -1.95. The van der Waals surface area contributed by atoms with Gasteiger partial charge in [0.05, 0.1) is 18.4 Å². The molecule has 0 aliphatic heterocycles. The number of carbonyl (C=O) groups is 2. The molecule has 2 aromatic rings. The van der Waals surface area contributed by atoms with Crippen molar-refractivity contribution in [1.29, 1.82) is 0 Å². The predicted molar refractivity (Wildman–Crippen MR) is 81.9 cm³/mol. The van der Waals surface area contributed by atoms with Gasteiger partial charge >= 0.3 is 0 Å². The summed E-state index contributed by atoms with van der Waals surface area (Å²) in [6, 6.07) is 6.74. The molecule has 2 N–H and O–H groups in total. The van der Waals surface area contributed by atoms with Gasteiger partial charge < -0.3 is 20.2 Å². The molecular weight excluding hydrogens is 288 g/mol. The van der Waals surface area contributed by atoms with Gasteiger partial charge in [-0.2, -0.15) is 11.8 Å². The summed E-state index contributed by atoms with van der Waals surface area (Å²) in [5.41, 5.74) is 1.81. The highest BCUT2D eigenvalue weighted by molar-refractivity contribution is 7.98. The molecule has 6 heteroatoms. The summed E-state index contributed by atoms with van der Waals surface area (Å²) in [6.45, 7) is 0. The number of nitrogens with one attached hydrogen (secondary N) is 2. The normalized spacial score (nSPS) is 12.2. The summed E-state index contributed by atoms with van der Waals surface area (Å²) in [5.74, 6) is -0.891. The molecule has 0 bridgehead atoms. The number of carboxylic acid groups (broad SMARTS) is 1. The van der Waals surface area contributed by atoms with Crippen molar-refractivity contribution in [2.24, 2.45) is 0 Å². The first kappa shape index (κ1) is 15.4. The summed E-state index contributed by atoms with van der Waals surface area (Å²) in [7, 11) is 0. The van der Waals surface area contributed by atoms with Crippen LogP contribution >= 0.6 is 11.8 Å². The van der Waals surface area contributed by atoms with Crippen molar-refractivity contribution in [2.75, 3.05) is 12.0 Å². The van der Waals surface area contributed by atoms with Crippen LogP contribution in [0.4, 0.5) is 0 Å². The molecule has 1 aromatic heterocycles. The van der Waals surface area contributed by atoms with Gasteiger partial charge in [0.2, 0.25) is 5.91 Å². The van der Waals surface area contributed by atoms with E-state index in [2.05, 4.69) is 10.3 Å². The summed E-state index contributed by atoms with van der Waals surface area (Å²) >= 11 is 1.53. The first-order chi connectivity index (χ1) is 10.1. The maximum absolute atomic E-state index is 12.0. The van der Waals surface area contributed by atoms with Crippen LogP contribution in [0.25, 0.3) is 10.9 Å². The van der Waals surface area contributed by atoms with Crippen LogP contribution in [0.2, 0.25) is 0 Å². The number of rotatable bonds is 7. The zero-order chi connectivity index (χ0) is 15.2. The maximum Gasteiger partial charge on any atom is 0.225 e. The van der Waals surface area contributed by atoms with Crippen LogP contribution in [0, 0.1) is 0 Å². The van der Waals surface area contributed by atoms with Gasteiger partial charge in [0.1, 0.15) is 0 Å². The molecule has 1 unspecified atom stereocenters. The molecule has 0 aliphatic carbocycles. The van der Waals surface area contributed by atoms with Crippen LogP contribution in [0.3, 0.4) is 0 Å². The molecule has 1 atom stereocenters. The molecule has 0 fully saturated rings. The van der Waals surface area contributed by atoms with Crippen molar-refractivity contribution in [3.8, 4) is 0 Å². The number of amides is 1. The lowest BCUT2D eigenvalue weighted by Crippen LogP contribution is -2.48. The van der Waals surface area contributed by atoms with Crippen LogP contribution in [0.15, 0.2) is 30.5 Å².